The summed E-state index contributed by atoms with van der Waals surface area (Å²) in [6, 6.07) is 13.3. The maximum Gasteiger partial charge on any atom is 0.255 e. The SMILES string of the molecule is CCCCc1ccc(NC(=O)c2ccc3c(c2)NC(=O)CS3)cc1. The van der Waals surface area contributed by atoms with Gasteiger partial charge in [-0.15, -0.1) is 11.8 Å². The van der Waals surface area contributed by atoms with Crippen molar-refractivity contribution in [1.82, 2.24) is 0 Å². The van der Waals surface area contributed by atoms with E-state index in [0.29, 0.717) is 17.0 Å². The summed E-state index contributed by atoms with van der Waals surface area (Å²) >= 11 is 1.49. The summed E-state index contributed by atoms with van der Waals surface area (Å²) in [6.07, 6.45) is 3.41. The van der Waals surface area contributed by atoms with Crippen molar-refractivity contribution in [3.8, 4) is 0 Å². The molecule has 0 saturated heterocycles. The van der Waals surface area contributed by atoms with Gasteiger partial charge in [0.1, 0.15) is 0 Å². The van der Waals surface area contributed by atoms with Crippen LogP contribution in [0, 0.1) is 0 Å². The third-order valence-corrected chi connectivity index (χ3v) is 4.98. The number of anilines is 2. The van der Waals surface area contributed by atoms with Crippen LogP contribution in [0.25, 0.3) is 0 Å². The summed E-state index contributed by atoms with van der Waals surface area (Å²) in [5.74, 6) is 0.208. The van der Waals surface area contributed by atoms with Gasteiger partial charge in [-0.1, -0.05) is 25.5 Å². The standard InChI is InChI=1S/C19H20N2O2S/c1-2-3-4-13-5-8-15(9-6-13)20-19(23)14-7-10-17-16(11-14)21-18(22)12-24-17/h5-11H,2-4,12H2,1H3,(H,20,23)(H,21,22). The Labute approximate surface area is 146 Å². The predicted molar refractivity (Wildman–Crippen MR) is 98.8 cm³/mol. The van der Waals surface area contributed by atoms with Gasteiger partial charge in [0.25, 0.3) is 5.91 Å². The van der Waals surface area contributed by atoms with Crippen LogP contribution in [-0.2, 0) is 11.2 Å². The number of benzene rings is 2. The van der Waals surface area contributed by atoms with Gasteiger partial charge in [-0.3, -0.25) is 9.59 Å². The lowest BCUT2D eigenvalue weighted by molar-refractivity contribution is -0.113. The summed E-state index contributed by atoms with van der Waals surface area (Å²) in [6.45, 7) is 2.17. The number of nitrogens with one attached hydrogen (secondary N) is 2. The molecule has 0 atom stereocenters. The lowest BCUT2D eigenvalue weighted by Gasteiger charge is -2.17. The van der Waals surface area contributed by atoms with E-state index in [1.54, 1.807) is 12.1 Å². The van der Waals surface area contributed by atoms with Gasteiger partial charge in [-0.25, -0.2) is 0 Å². The number of hydrogen-bond donors (Lipinski definition) is 2. The lowest BCUT2D eigenvalue weighted by Crippen LogP contribution is -2.19. The zero-order chi connectivity index (χ0) is 16.9. The highest BCUT2D eigenvalue weighted by atomic mass is 32.2. The minimum atomic E-state index is -0.177. The van der Waals surface area contributed by atoms with E-state index in [1.165, 1.54) is 30.2 Å². The van der Waals surface area contributed by atoms with Crippen molar-refractivity contribution in [3.05, 3.63) is 53.6 Å². The van der Waals surface area contributed by atoms with Crippen LogP contribution in [0.15, 0.2) is 47.4 Å². The number of aryl methyl sites for hydroxylation is 1. The second-order valence-electron chi connectivity index (χ2n) is 5.80. The minimum Gasteiger partial charge on any atom is -0.324 e. The van der Waals surface area contributed by atoms with Crippen molar-refractivity contribution in [1.29, 1.82) is 0 Å². The number of rotatable bonds is 5. The Morgan fingerprint density at radius 3 is 2.75 bits per heavy atom. The summed E-state index contributed by atoms with van der Waals surface area (Å²) in [4.78, 5) is 24.9. The number of amides is 2. The molecule has 5 heteroatoms. The molecule has 1 aliphatic heterocycles. The summed E-state index contributed by atoms with van der Waals surface area (Å²) < 4.78 is 0. The van der Waals surface area contributed by atoms with Crippen LogP contribution in [0.1, 0.15) is 35.7 Å². The highest BCUT2D eigenvalue weighted by molar-refractivity contribution is 8.00. The van der Waals surface area contributed by atoms with Crippen molar-refractivity contribution in [2.45, 2.75) is 31.1 Å². The number of fused-ring (bicyclic) bond motifs is 1. The molecule has 1 aliphatic rings. The van der Waals surface area contributed by atoms with E-state index in [2.05, 4.69) is 29.7 Å². The smallest absolute Gasteiger partial charge is 0.255 e. The molecule has 2 aromatic carbocycles. The topological polar surface area (TPSA) is 58.2 Å². The number of unbranched alkanes of at least 4 members (excludes halogenated alkanes) is 1. The monoisotopic (exact) mass is 340 g/mol. The maximum atomic E-state index is 12.4. The first kappa shape index (κ1) is 16.6. The first-order chi connectivity index (χ1) is 11.7. The zero-order valence-electron chi connectivity index (χ0n) is 13.6. The molecule has 2 aromatic rings. The molecule has 0 fully saturated rings. The van der Waals surface area contributed by atoms with Crippen molar-refractivity contribution in [2.75, 3.05) is 16.4 Å². The van der Waals surface area contributed by atoms with Crippen LogP contribution < -0.4 is 10.6 Å². The molecule has 0 aromatic heterocycles. The molecular weight excluding hydrogens is 320 g/mol. The molecule has 4 nitrogen and oxygen atoms in total. The molecule has 0 saturated carbocycles. The number of hydrogen-bond acceptors (Lipinski definition) is 3. The molecule has 124 valence electrons. The van der Waals surface area contributed by atoms with Gasteiger partial charge >= 0.3 is 0 Å². The van der Waals surface area contributed by atoms with Gasteiger partial charge in [0.2, 0.25) is 5.91 Å². The molecule has 0 spiro atoms. The van der Waals surface area contributed by atoms with Gasteiger partial charge < -0.3 is 10.6 Å². The second kappa shape index (κ2) is 7.53. The Kier molecular flexibility index (Phi) is 5.20. The van der Waals surface area contributed by atoms with Gasteiger partial charge in [0.05, 0.1) is 11.4 Å². The van der Waals surface area contributed by atoms with Crippen LogP contribution >= 0.6 is 11.8 Å². The fraction of sp³-hybridized carbons (Fsp3) is 0.263. The summed E-state index contributed by atoms with van der Waals surface area (Å²) in [5, 5.41) is 5.71. The molecule has 24 heavy (non-hydrogen) atoms. The molecule has 2 amide bonds. The molecule has 2 N–H and O–H groups in total. The van der Waals surface area contributed by atoms with E-state index in [0.717, 1.165) is 17.0 Å². The average Bonchev–Trinajstić information content (AvgIpc) is 2.60. The largest absolute Gasteiger partial charge is 0.324 e. The zero-order valence-corrected chi connectivity index (χ0v) is 14.4. The summed E-state index contributed by atoms with van der Waals surface area (Å²) in [5.41, 5.74) is 3.30. The lowest BCUT2D eigenvalue weighted by atomic mass is 10.1. The van der Waals surface area contributed by atoms with Crippen LogP contribution in [0.5, 0.6) is 0 Å². The fourth-order valence-corrected chi connectivity index (χ4v) is 3.35. The van der Waals surface area contributed by atoms with Crippen LogP contribution in [0.4, 0.5) is 11.4 Å². The van der Waals surface area contributed by atoms with Crippen LogP contribution in [0.2, 0.25) is 0 Å². The molecular formula is C19H20N2O2S. The summed E-state index contributed by atoms with van der Waals surface area (Å²) in [7, 11) is 0. The molecule has 0 radical (unpaired) electrons. The Morgan fingerprint density at radius 2 is 2.00 bits per heavy atom. The van der Waals surface area contributed by atoms with E-state index in [1.807, 2.05) is 18.2 Å². The Morgan fingerprint density at radius 1 is 1.21 bits per heavy atom. The highest BCUT2D eigenvalue weighted by Gasteiger charge is 2.17. The molecule has 0 aliphatic carbocycles. The Balaban J connectivity index is 1.68. The van der Waals surface area contributed by atoms with Crippen molar-refractivity contribution in [3.63, 3.8) is 0 Å². The van der Waals surface area contributed by atoms with E-state index in [-0.39, 0.29) is 11.8 Å². The van der Waals surface area contributed by atoms with Gasteiger partial charge in [0.15, 0.2) is 0 Å². The van der Waals surface area contributed by atoms with Gasteiger partial charge in [-0.05, 0) is 48.7 Å². The Bertz CT molecular complexity index is 756. The minimum absolute atomic E-state index is 0.0345. The number of carbonyl (C=O) groups is 2. The molecule has 0 bridgehead atoms. The van der Waals surface area contributed by atoms with Crippen molar-refractivity contribution >= 4 is 35.0 Å². The van der Waals surface area contributed by atoms with E-state index in [4.69, 9.17) is 0 Å². The van der Waals surface area contributed by atoms with Gasteiger partial charge in [0, 0.05) is 16.1 Å². The molecule has 3 rings (SSSR count). The van der Waals surface area contributed by atoms with Crippen molar-refractivity contribution < 1.29 is 9.59 Å². The predicted octanol–water partition coefficient (Wildman–Crippen LogP) is 4.33. The van der Waals surface area contributed by atoms with Crippen molar-refractivity contribution in [2.24, 2.45) is 0 Å². The number of thioether (sulfide) groups is 1. The second-order valence-corrected chi connectivity index (χ2v) is 6.82. The fourth-order valence-electron chi connectivity index (χ4n) is 2.56. The van der Waals surface area contributed by atoms with Crippen LogP contribution in [0.3, 0.4) is 0 Å². The normalized spacial score (nSPS) is 13.1. The third kappa shape index (κ3) is 3.97. The molecule has 1 heterocycles. The quantitative estimate of drug-likeness (QED) is 0.852. The van der Waals surface area contributed by atoms with E-state index < -0.39 is 0 Å². The first-order valence-corrected chi connectivity index (χ1v) is 9.11. The number of carbonyl (C=O) groups excluding carboxylic acids is 2. The highest BCUT2D eigenvalue weighted by Crippen LogP contribution is 2.32. The molecule has 0 unspecified atom stereocenters. The van der Waals surface area contributed by atoms with E-state index >= 15 is 0 Å². The van der Waals surface area contributed by atoms with E-state index in [9.17, 15) is 9.59 Å². The third-order valence-electron chi connectivity index (χ3n) is 3.91. The Hall–Kier alpha value is -2.27. The maximum absolute atomic E-state index is 12.4. The average molecular weight is 340 g/mol. The van der Waals surface area contributed by atoms with Gasteiger partial charge in [-0.2, -0.15) is 0 Å². The first-order valence-electron chi connectivity index (χ1n) is 8.12. The van der Waals surface area contributed by atoms with Crippen LogP contribution in [-0.4, -0.2) is 17.6 Å².